The number of nitrogens with two attached hydrogens (primary N) is 1. The van der Waals surface area contributed by atoms with Gasteiger partial charge in [0, 0.05) is 22.3 Å². The highest BCUT2D eigenvalue weighted by atomic mass is 35.5. The van der Waals surface area contributed by atoms with Gasteiger partial charge in [-0.2, -0.15) is 0 Å². The fourth-order valence-corrected chi connectivity index (χ4v) is 1.35. The van der Waals surface area contributed by atoms with Crippen molar-refractivity contribution in [2.45, 2.75) is 6.92 Å². The highest BCUT2D eigenvalue weighted by molar-refractivity contribution is 6.29. The third-order valence-corrected chi connectivity index (χ3v) is 2.08. The number of hydrogen-bond acceptors (Lipinski definition) is 3. The number of anilines is 1. The number of nitrogens with one attached hydrogen (secondary N) is 1. The van der Waals surface area contributed by atoms with Crippen LogP contribution in [0.3, 0.4) is 0 Å². The summed E-state index contributed by atoms with van der Waals surface area (Å²) in [4.78, 5) is 11.7. The average molecular weight is 255 g/mol. The monoisotopic (exact) mass is 254 g/mol. The van der Waals surface area contributed by atoms with E-state index in [1.807, 2.05) is 6.92 Å². The van der Waals surface area contributed by atoms with E-state index in [1.54, 1.807) is 18.2 Å². The summed E-state index contributed by atoms with van der Waals surface area (Å²) in [5.41, 5.74) is 6.59. The Balaban J connectivity index is 2.81. The van der Waals surface area contributed by atoms with E-state index in [-0.39, 0.29) is 12.5 Å². The highest BCUT2D eigenvalue weighted by Crippen LogP contribution is 2.18. The first kappa shape index (κ1) is 13.4. The van der Waals surface area contributed by atoms with Gasteiger partial charge in [0.15, 0.2) is 0 Å². The normalized spacial score (nSPS) is 9.76. The van der Waals surface area contributed by atoms with Gasteiger partial charge >= 0.3 is 0 Å². The van der Waals surface area contributed by atoms with E-state index in [0.717, 1.165) is 0 Å². The molecule has 0 bridgehead atoms. The van der Waals surface area contributed by atoms with Gasteiger partial charge in [-0.05, 0) is 19.1 Å². The molecule has 0 heterocycles. The van der Waals surface area contributed by atoms with Crippen molar-refractivity contribution >= 4 is 23.2 Å². The molecule has 1 rings (SSSR count). The summed E-state index contributed by atoms with van der Waals surface area (Å²) in [5.74, 6) is 0.308. The number of carbonyl (C=O) groups is 1. The molecule has 3 N–H and O–H groups in total. The van der Waals surface area contributed by atoms with Crippen LogP contribution >= 0.6 is 11.6 Å². The van der Waals surface area contributed by atoms with Crippen LogP contribution in [0.1, 0.15) is 17.3 Å². The minimum atomic E-state index is -0.264. The Morgan fingerprint density at radius 1 is 1.53 bits per heavy atom. The van der Waals surface area contributed by atoms with Gasteiger partial charge in [0.2, 0.25) is 0 Å². The molecule has 0 aromatic heterocycles. The van der Waals surface area contributed by atoms with Gasteiger partial charge in [0.1, 0.15) is 5.75 Å². The van der Waals surface area contributed by atoms with Crippen molar-refractivity contribution in [3.05, 3.63) is 35.4 Å². The van der Waals surface area contributed by atoms with Crippen LogP contribution in [0.15, 0.2) is 29.8 Å². The molecule has 5 heteroatoms. The standard InChI is InChI=1S/C12H15ClN2O2/c1-3-17-11-5-9(4-10(14)6-11)12(16)15-7-8(2)13/h4-6H,2-3,7,14H2,1H3,(H,15,16). The van der Waals surface area contributed by atoms with Crippen molar-refractivity contribution < 1.29 is 9.53 Å². The minimum Gasteiger partial charge on any atom is -0.494 e. The third kappa shape index (κ3) is 4.36. The smallest absolute Gasteiger partial charge is 0.251 e. The second kappa shape index (κ2) is 6.15. The van der Waals surface area contributed by atoms with E-state index in [9.17, 15) is 4.79 Å². The lowest BCUT2D eigenvalue weighted by Crippen LogP contribution is -2.24. The van der Waals surface area contributed by atoms with Crippen LogP contribution in [0.25, 0.3) is 0 Å². The third-order valence-electron chi connectivity index (χ3n) is 1.94. The molecule has 0 saturated carbocycles. The Bertz CT molecular complexity index is 433. The quantitative estimate of drug-likeness (QED) is 0.792. The molecule has 0 atom stereocenters. The first-order valence-electron chi connectivity index (χ1n) is 5.17. The van der Waals surface area contributed by atoms with Crippen molar-refractivity contribution in [3.8, 4) is 5.75 Å². The lowest BCUT2D eigenvalue weighted by molar-refractivity contribution is 0.0957. The van der Waals surface area contributed by atoms with Gasteiger partial charge in [-0.3, -0.25) is 4.79 Å². The maximum Gasteiger partial charge on any atom is 0.251 e. The van der Waals surface area contributed by atoms with Gasteiger partial charge in [-0.1, -0.05) is 18.2 Å². The SMILES string of the molecule is C=C(Cl)CNC(=O)c1cc(N)cc(OCC)c1. The van der Waals surface area contributed by atoms with Crippen molar-refractivity contribution in [2.24, 2.45) is 0 Å². The molecule has 0 radical (unpaired) electrons. The molecular formula is C12H15ClN2O2. The fourth-order valence-electron chi connectivity index (χ4n) is 1.28. The van der Waals surface area contributed by atoms with E-state index >= 15 is 0 Å². The fraction of sp³-hybridized carbons (Fsp3) is 0.250. The van der Waals surface area contributed by atoms with E-state index in [0.29, 0.717) is 28.6 Å². The van der Waals surface area contributed by atoms with Crippen LogP contribution in [-0.4, -0.2) is 19.1 Å². The van der Waals surface area contributed by atoms with Crippen molar-refractivity contribution in [1.29, 1.82) is 0 Å². The number of carbonyl (C=O) groups excluding carboxylic acids is 1. The second-order valence-corrected chi connectivity index (χ2v) is 3.96. The largest absolute Gasteiger partial charge is 0.494 e. The summed E-state index contributed by atoms with van der Waals surface area (Å²) in [6.07, 6.45) is 0. The van der Waals surface area contributed by atoms with Crippen molar-refractivity contribution in [3.63, 3.8) is 0 Å². The van der Waals surface area contributed by atoms with Gasteiger partial charge in [-0.15, -0.1) is 0 Å². The van der Waals surface area contributed by atoms with Gasteiger partial charge in [0.05, 0.1) is 13.2 Å². The Labute approximate surface area is 105 Å². The predicted octanol–water partition coefficient (Wildman–Crippen LogP) is 2.15. The Morgan fingerprint density at radius 3 is 2.82 bits per heavy atom. The maximum absolute atomic E-state index is 11.7. The first-order chi connectivity index (χ1) is 8.02. The van der Waals surface area contributed by atoms with E-state index in [1.165, 1.54) is 0 Å². The maximum atomic E-state index is 11.7. The molecule has 0 spiro atoms. The summed E-state index contributed by atoms with van der Waals surface area (Å²) in [7, 11) is 0. The van der Waals surface area contributed by atoms with E-state index in [2.05, 4.69) is 11.9 Å². The summed E-state index contributed by atoms with van der Waals surface area (Å²) in [6, 6.07) is 4.88. The zero-order valence-corrected chi connectivity index (χ0v) is 10.4. The zero-order chi connectivity index (χ0) is 12.8. The van der Waals surface area contributed by atoms with Crippen LogP contribution < -0.4 is 15.8 Å². The number of rotatable bonds is 5. The van der Waals surface area contributed by atoms with E-state index in [4.69, 9.17) is 22.1 Å². The van der Waals surface area contributed by atoms with Crippen molar-refractivity contribution in [2.75, 3.05) is 18.9 Å². The van der Waals surface area contributed by atoms with Crippen LogP contribution in [0, 0.1) is 0 Å². The molecule has 0 aliphatic heterocycles. The minimum absolute atomic E-state index is 0.221. The molecule has 0 aliphatic rings. The summed E-state index contributed by atoms with van der Waals surface area (Å²) < 4.78 is 5.30. The number of halogens is 1. The molecule has 0 aliphatic carbocycles. The molecule has 0 unspecified atom stereocenters. The summed E-state index contributed by atoms with van der Waals surface area (Å²) >= 11 is 5.56. The number of nitrogen functional groups attached to an aromatic ring is 1. The first-order valence-corrected chi connectivity index (χ1v) is 5.55. The molecular weight excluding hydrogens is 240 g/mol. The average Bonchev–Trinajstić information content (AvgIpc) is 2.25. The second-order valence-electron chi connectivity index (χ2n) is 3.42. The van der Waals surface area contributed by atoms with Crippen LogP contribution in [0.5, 0.6) is 5.75 Å². The van der Waals surface area contributed by atoms with Gasteiger partial charge in [-0.25, -0.2) is 0 Å². The number of amides is 1. The molecule has 0 saturated heterocycles. The topological polar surface area (TPSA) is 64.4 Å². The van der Waals surface area contributed by atoms with E-state index < -0.39 is 0 Å². The highest BCUT2D eigenvalue weighted by Gasteiger charge is 2.08. The molecule has 17 heavy (non-hydrogen) atoms. The lowest BCUT2D eigenvalue weighted by atomic mass is 10.1. The molecule has 1 amide bonds. The molecule has 92 valence electrons. The predicted molar refractivity (Wildman–Crippen MR) is 69.3 cm³/mol. The molecule has 1 aromatic carbocycles. The Kier molecular flexibility index (Phi) is 4.84. The van der Waals surface area contributed by atoms with Crippen LogP contribution in [0.4, 0.5) is 5.69 Å². The van der Waals surface area contributed by atoms with Crippen molar-refractivity contribution in [1.82, 2.24) is 5.32 Å². The molecule has 0 fully saturated rings. The van der Waals surface area contributed by atoms with Gasteiger partial charge in [0.25, 0.3) is 5.91 Å². The number of ether oxygens (including phenoxy) is 1. The van der Waals surface area contributed by atoms with Crippen LogP contribution in [0.2, 0.25) is 0 Å². The molecule has 4 nitrogen and oxygen atoms in total. The Hall–Kier alpha value is -1.68. The summed E-state index contributed by atoms with van der Waals surface area (Å²) in [5, 5.41) is 2.98. The van der Waals surface area contributed by atoms with Crippen LogP contribution in [-0.2, 0) is 0 Å². The number of hydrogen-bond donors (Lipinski definition) is 2. The summed E-state index contributed by atoms with van der Waals surface area (Å²) in [6.45, 7) is 6.09. The van der Waals surface area contributed by atoms with Gasteiger partial charge < -0.3 is 15.8 Å². The Morgan fingerprint density at radius 2 is 2.24 bits per heavy atom. The number of benzene rings is 1. The molecule has 1 aromatic rings. The zero-order valence-electron chi connectivity index (χ0n) is 9.63. The lowest BCUT2D eigenvalue weighted by Gasteiger charge is -2.08.